The molecule has 3 rings (SSSR count). The van der Waals surface area contributed by atoms with Crippen molar-refractivity contribution in [3.63, 3.8) is 0 Å². The summed E-state index contributed by atoms with van der Waals surface area (Å²) in [6.07, 6.45) is 0.698. The molecule has 176 valence electrons. The Labute approximate surface area is 199 Å². The number of hydrogen-bond acceptors (Lipinski definition) is 4. The monoisotopic (exact) mass is 459 g/mol. The van der Waals surface area contributed by atoms with Crippen LogP contribution >= 0.6 is 0 Å². The van der Waals surface area contributed by atoms with Crippen LogP contribution in [0, 0.1) is 13.8 Å². The molecule has 3 N–H and O–H groups in total. The number of hydrazine groups is 1. The van der Waals surface area contributed by atoms with E-state index in [0.717, 1.165) is 23.2 Å². The molecule has 0 heterocycles. The van der Waals surface area contributed by atoms with Gasteiger partial charge in [0.1, 0.15) is 5.75 Å². The van der Waals surface area contributed by atoms with Crippen molar-refractivity contribution in [2.45, 2.75) is 33.1 Å². The lowest BCUT2D eigenvalue weighted by molar-refractivity contribution is -0.124. The second-order valence-electron chi connectivity index (χ2n) is 7.98. The highest BCUT2D eigenvalue weighted by molar-refractivity contribution is 5.97. The molecule has 0 saturated heterocycles. The highest BCUT2D eigenvalue weighted by atomic mass is 16.5. The minimum absolute atomic E-state index is 0.000173. The van der Waals surface area contributed by atoms with E-state index in [1.807, 2.05) is 62.4 Å². The number of ether oxygens (including phenoxy) is 1. The number of carbonyl (C=O) groups is 3. The fourth-order valence-electron chi connectivity index (χ4n) is 3.23. The Morgan fingerprint density at radius 1 is 0.794 bits per heavy atom. The Morgan fingerprint density at radius 2 is 1.56 bits per heavy atom. The molecule has 0 atom stereocenters. The average molecular weight is 460 g/mol. The maximum atomic E-state index is 12.4. The van der Waals surface area contributed by atoms with Gasteiger partial charge in [-0.25, -0.2) is 0 Å². The summed E-state index contributed by atoms with van der Waals surface area (Å²) in [7, 11) is 0. The largest absolute Gasteiger partial charge is 0.493 e. The van der Waals surface area contributed by atoms with Crippen LogP contribution in [0.3, 0.4) is 0 Å². The van der Waals surface area contributed by atoms with Gasteiger partial charge in [-0.05, 0) is 54.8 Å². The van der Waals surface area contributed by atoms with Gasteiger partial charge in [-0.1, -0.05) is 48.5 Å². The Hall–Kier alpha value is -4.13. The summed E-state index contributed by atoms with van der Waals surface area (Å²) in [5, 5.41) is 2.81. The van der Waals surface area contributed by atoms with E-state index in [2.05, 4.69) is 16.2 Å². The van der Waals surface area contributed by atoms with Crippen LogP contribution in [0.5, 0.6) is 5.75 Å². The molecule has 34 heavy (non-hydrogen) atoms. The summed E-state index contributed by atoms with van der Waals surface area (Å²) in [6, 6.07) is 22.5. The van der Waals surface area contributed by atoms with Gasteiger partial charge >= 0.3 is 0 Å². The first-order valence-corrected chi connectivity index (χ1v) is 11.1. The number of benzene rings is 3. The van der Waals surface area contributed by atoms with Crippen molar-refractivity contribution in [2.24, 2.45) is 0 Å². The second kappa shape index (κ2) is 12.2. The molecule has 3 aromatic rings. The first-order valence-electron chi connectivity index (χ1n) is 11.1. The lowest BCUT2D eigenvalue weighted by atomic mass is 10.1. The van der Waals surface area contributed by atoms with Gasteiger partial charge in [0.05, 0.1) is 6.61 Å². The SMILES string of the molecule is Cc1ccc(C)c(NC(=O)CCC(=O)NNC(=O)c2cccc(OCCc3ccccc3)c2)c1. The number of anilines is 1. The van der Waals surface area contributed by atoms with E-state index < -0.39 is 11.8 Å². The minimum Gasteiger partial charge on any atom is -0.493 e. The van der Waals surface area contributed by atoms with Crippen molar-refractivity contribution >= 4 is 23.4 Å². The second-order valence-corrected chi connectivity index (χ2v) is 7.98. The Bertz CT molecular complexity index is 1150. The molecule has 0 unspecified atom stereocenters. The molecule has 7 heteroatoms. The topological polar surface area (TPSA) is 96.5 Å². The van der Waals surface area contributed by atoms with Crippen molar-refractivity contribution in [3.05, 3.63) is 95.1 Å². The van der Waals surface area contributed by atoms with Crippen LogP contribution in [0.2, 0.25) is 0 Å². The number of nitrogens with one attached hydrogen (secondary N) is 3. The number of rotatable bonds is 9. The third-order valence-corrected chi connectivity index (χ3v) is 5.16. The summed E-state index contributed by atoms with van der Waals surface area (Å²) in [4.78, 5) is 36.6. The van der Waals surface area contributed by atoms with Gasteiger partial charge in [0, 0.05) is 30.5 Å². The third-order valence-electron chi connectivity index (χ3n) is 5.16. The van der Waals surface area contributed by atoms with Crippen molar-refractivity contribution in [3.8, 4) is 5.75 Å². The number of amides is 3. The van der Waals surface area contributed by atoms with Gasteiger partial charge in [-0.3, -0.25) is 25.2 Å². The number of aryl methyl sites for hydroxylation is 2. The smallest absolute Gasteiger partial charge is 0.269 e. The zero-order valence-electron chi connectivity index (χ0n) is 19.4. The molecule has 3 amide bonds. The van der Waals surface area contributed by atoms with Gasteiger partial charge in [0.25, 0.3) is 5.91 Å². The molecule has 0 radical (unpaired) electrons. The molecule has 7 nitrogen and oxygen atoms in total. The molecule has 0 aromatic heterocycles. The number of hydrogen-bond donors (Lipinski definition) is 3. The average Bonchev–Trinajstić information content (AvgIpc) is 2.84. The minimum atomic E-state index is -0.471. The molecule has 3 aromatic carbocycles. The Kier molecular flexibility index (Phi) is 8.80. The van der Waals surface area contributed by atoms with Crippen LogP contribution in [-0.2, 0) is 16.0 Å². The van der Waals surface area contributed by atoms with Crippen LogP contribution in [0.25, 0.3) is 0 Å². The quantitative estimate of drug-likeness (QED) is 0.420. The molecule has 0 aliphatic carbocycles. The van der Waals surface area contributed by atoms with Crippen LogP contribution < -0.4 is 20.9 Å². The van der Waals surface area contributed by atoms with Crippen molar-refractivity contribution in [1.29, 1.82) is 0 Å². The normalized spacial score (nSPS) is 10.3. The maximum Gasteiger partial charge on any atom is 0.269 e. The molecule has 0 fully saturated rings. The van der Waals surface area contributed by atoms with Crippen molar-refractivity contribution in [2.75, 3.05) is 11.9 Å². The van der Waals surface area contributed by atoms with E-state index in [0.29, 0.717) is 17.9 Å². The fraction of sp³-hybridized carbons (Fsp3) is 0.222. The maximum absolute atomic E-state index is 12.4. The molecule has 0 spiro atoms. The number of carbonyl (C=O) groups excluding carboxylic acids is 3. The summed E-state index contributed by atoms with van der Waals surface area (Å²) in [6.45, 7) is 4.33. The lowest BCUT2D eigenvalue weighted by Gasteiger charge is -2.11. The van der Waals surface area contributed by atoms with Crippen molar-refractivity contribution < 1.29 is 19.1 Å². The van der Waals surface area contributed by atoms with E-state index in [9.17, 15) is 14.4 Å². The van der Waals surface area contributed by atoms with Gasteiger partial charge in [-0.2, -0.15) is 0 Å². The summed E-state index contributed by atoms with van der Waals surface area (Å²) in [5.41, 5.74) is 8.94. The molecule has 0 bridgehead atoms. The molecular weight excluding hydrogens is 430 g/mol. The predicted molar refractivity (Wildman–Crippen MR) is 131 cm³/mol. The van der Waals surface area contributed by atoms with Gasteiger partial charge in [0.15, 0.2) is 0 Å². The van der Waals surface area contributed by atoms with E-state index >= 15 is 0 Å². The molecule has 0 saturated carbocycles. The summed E-state index contributed by atoms with van der Waals surface area (Å²) >= 11 is 0. The standard InChI is InChI=1S/C27H29N3O4/c1-19-11-12-20(2)24(17-19)28-25(31)13-14-26(32)29-30-27(33)22-9-6-10-23(18-22)34-16-15-21-7-4-3-5-8-21/h3-12,17-18H,13-16H2,1-2H3,(H,28,31)(H,29,32)(H,30,33). The van der Waals surface area contributed by atoms with Crippen LogP contribution in [0.4, 0.5) is 5.69 Å². The van der Waals surface area contributed by atoms with Gasteiger partial charge in [0.2, 0.25) is 11.8 Å². The fourth-order valence-corrected chi connectivity index (χ4v) is 3.23. The Morgan fingerprint density at radius 3 is 2.35 bits per heavy atom. The van der Waals surface area contributed by atoms with Crippen molar-refractivity contribution in [1.82, 2.24) is 10.9 Å². The van der Waals surface area contributed by atoms with Crippen LogP contribution in [-0.4, -0.2) is 24.3 Å². The first-order chi connectivity index (χ1) is 16.4. The van der Waals surface area contributed by atoms with Crippen LogP contribution in [0.15, 0.2) is 72.8 Å². The highest BCUT2D eigenvalue weighted by Gasteiger charge is 2.11. The summed E-state index contributed by atoms with van der Waals surface area (Å²) in [5.74, 6) is -0.630. The van der Waals surface area contributed by atoms with Crippen LogP contribution in [0.1, 0.15) is 39.9 Å². The summed E-state index contributed by atoms with van der Waals surface area (Å²) < 4.78 is 5.74. The predicted octanol–water partition coefficient (Wildman–Crippen LogP) is 4.10. The molecule has 0 aliphatic heterocycles. The Balaban J connectivity index is 1.40. The third kappa shape index (κ3) is 7.78. The molecular formula is C27H29N3O4. The van der Waals surface area contributed by atoms with E-state index in [1.165, 1.54) is 5.56 Å². The lowest BCUT2D eigenvalue weighted by Crippen LogP contribution is -2.41. The van der Waals surface area contributed by atoms with E-state index in [4.69, 9.17) is 4.74 Å². The van der Waals surface area contributed by atoms with Gasteiger partial charge in [-0.15, -0.1) is 0 Å². The first kappa shape index (κ1) is 24.5. The zero-order valence-corrected chi connectivity index (χ0v) is 19.4. The van der Waals surface area contributed by atoms with E-state index in [-0.39, 0.29) is 18.7 Å². The highest BCUT2D eigenvalue weighted by Crippen LogP contribution is 2.17. The molecule has 0 aliphatic rings. The van der Waals surface area contributed by atoms with Gasteiger partial charge < -0.3 is 10.1 Å². The zero-order chi connectivity index (χ0) is 24.3. The van der Waals surface area contributed by atoms with E-state index in [1.54, 1.807) is 24.3 Å².